The van der Waals surface area contributed by atoms with Crippen LogP contribution in [0.2, 0.25) is 0 Å². The molecule has 0 bridgehead atoms. The number of hydrogen-bond donors (Lipinski definition) is 1. The number of non-ortho nitro benzene ring substituents is 1. The van der Waals surface area contributed by atoms with Gasteiger partial charge < -0.3 is 4.90 Å². The molecule has 1 N–H and O–H groups in total. The van der Waals surface area contributed by atoms with Gasteiger partial charge in [0.25, 0.3) is 5.69 Å². The molecule has 24 heavy (non-hydrogen) atoms. The maximum absolute atomic E-state index is 12.1. The lowest BCUT2D eigenvalue weighted by Gasteiger charge is -2.13. The van der Waals surface area contributed by atoms with Gasteiger partial charge in [-0.05, 0) is 23.3 Å². The predicted octanol–water partition coefficient (Wildman–Crippen LogP) is 2.28. The van der Waals surface area contributed by atoms with Crippen molar-refractivity contribution < 1.29 is 13.3 Å². The van der Waals surface area contributed by atoms with Crippen molar-refractivity contribution in [3.63, 3.8) is 0 Å². The van der Waals surface area contributed by atoms with Gasteiger partial charge in [-0.15, -0.1) is 0 Å². The molecule has 0 aliphatic heterocycles. The van der Waals surface area contributed by atoms with Crippen LogP contribution in [-0.2, 0) is 22.3 Å². The average molecular weight is 349 g/mol. The van der Waals surface area contributed by atoms with E-state index in [1.807, 2.05) is 43.3 Å². The second kappa shape index (κ2) is 7.41. The molecule has 0 radical (unpaired) electrons. The average Bonchev–Trinajstić information content (AvgIpc) is 2.53. The first-order valence-corrected chi connectivity index (χ1v) is 8.89. The third kappa shape index (κ3) is 5.04. The van der Waals surface area contributed by atoms with Gasteiger partial charge in [-0.25, -0.2) is 13.1 Å². The number of anilines is 1. The van der Waals surface area contributed by atoms with Crippen LogP contribution >= 0.6 is 0 Å². The summed E-state index contributed by atoms with van der Waals surface area (Å²) in [4.78, 5) is 12.0. The van der Waals surface area contributed by atoms with Gasteiger partial charge in [-0.3, -0.25) is 10.1 Å². The van der Waals surface area contributed by atoms with E-state index in [1.54, 1.807) is 0 Å². The lowest BCUT2D eigenvalue weighted by Crippen LogP contribution is -2.24. The highest BCUT2D eigenvalue weighted by molar-refractivity contribution is 7.88. The fourth-order valence-electron chi connectivity index (χ4n) is 2.09. The molecule has 0 fully saturated rings. The summed E-state index contributed by atoms with van der Waals surface area (Å²) in [6.07, 6.45) is 0. The summed E-state index contributed by atoms with van der Waals surface area (Å²) in [5, 5.41) is 10.6. The first-order valence-electron chi connectivity index (χ1n) is 7.24. The molecular weight excluding hydrogens is 330 g/mol. The van der Waals surface area contributed by atoms with E-state index in [2.05, 4.69) is 4.72 Å². The number of nitrogens with zero attached hydrogens (tertiary/aromatic N) is 2. The molecule has 0 atom stereocenters. The number of nitrogens with one attached hydrogen (secondary N) is 1. The number of nitro benzene ring substituents is 1. The van der Waals surface area contributed by atoms with Crippen molar-refractivity contribution in [2.24, 2.45) is 0 Å². The molecule has 0 aliphatic rings. The topological polar surface area (TPSA) is 92.6 Å². The molecule has 7 nitrogen and oxygen atoms in total. The molecule has 128 valence electrons. The van der Waals surface area contributed by atoms with Gasteiger partial charge in [0.05, 0.1) is 10.7 Å². The van der Waals surface area contributed by atoms with Crippen molar-refractivity contribution >= 4 is 21.4 Å². The van der Waals surface area contributed by atoms with Crippen molar-refractivity contribution in [2.75, 3.05) is 19.0 Å². The summed E-state index contributed by atoms with van der Waals surface area (Å²) in [5.74, 6) is -0.221. The molecule has 0 spiro atoms. The Morgan fingerprint density at radius 3 is 2.04 bits per heavy atom. The molecule has 8 heteroatoms. The lowest BCUT2D eigenvalue weighted by molar-refractivity contribution is -0.384. The van der Waals surface area contributed by atoms with E-state index < -0.39 is 14.9 Å². The monoisotopic (exact) mass is 349 g/mol. The zero-order valence-electron chi connectivity index (χ0n) is 13.5. The van der Waals surface area contributed by atoms with E-state index in [4.69, 9.17) is 0 Å². The maximum Gasteiger partial charge on any atom is 0.269 e. The molecule has 0 unspecified atom stereocenters. The molecule has 2 aromatic rings. The Morgan fingerprint density at radius 1 is 1.00 bits per heavy atom. The number of nitro groups is 1. The number of benzene rings is 2. The summed E-state index contributed by atoms with van der Waals surface area (Å²) in [5.41, 5.74) is 2.32. The van der Waals surface area contributed by atoms with E-state index in [1.165, 1.54) is 24.3 Å². The predicted molar refractivity (Wildman–Crippen MR) is 93.3 cm³/mol. The molecular formula is C16H19N3O4S. The van der Waals surface area contributed by atoms with Crippen LogP contribution in [0, 0.1) is 10.1 Å². The normalized spacial score (nSPS) is 11.2. The molecule has 2 aromatic carbocycles. The minimum absolute atomic E-state index is 0.0647. The Hall–Kier alpha value is -2.45. The Morgan fingerprint density at radius 2 is 1.54 bits per heavy atom. The maximum atomic E-state index is 12.1. The highest BCUT2D eigenvalue weighted by Gasteiger charge is 2.13. The molecule has 2 rings (SSSR count). The Kier molecular flexibility index (Phi) is 5.53. The number of hydrogen-bond acceptors (Lipinski definition) is 5. The van der Waals surface area contributed by atoms with Crippen molar-refractivity contribution in [1.82, 2.24) is 4.72 Å². The van der Waals surface area contributed by atoms with Crippen molar-refractivity contribution in [2.45, 2.75) is 12.3 Å². The second-order valence-corrected chi connectivity index (χ2v) is 7.37. The van der Waals surface area contributed by atoms with Gasteiger partial charge in [-0.1, -0.05) is 24.3 Å². The Balaban J connectivity index is 1.96. The minimum Gasteiger partial charge on any atom is -0.378 e. The van der Waals surface area contributed by atoms with E-state index in [0.29, 0.717) is 5.56 Å². The zero-order valence-corrected chi connectivity index (χ0v) is 14.3. The standard InChI is InChI=1S/C16H19N3O4S/c1-18(2)15-7-3-13(4-8-15)11-17-24(22,23)12-14-5-9-16(10-6-14)19(20)21/h3-10,17H,11-12H2,1-2H3. The van der Waals surface area contributed by atoms with Crippen molar-refractivity contribution in [3.05, 3.63) is 69.8 Å². The molecule has 0 aromatic heterocycles. The van der Waals surface area contributed by atoms with Crippen molar-refractivity contribution in [3.8, 4) is 0 Å². The van der Waals surface area contributed by atoms with Gasteiger partial charge in [0.1, 0.15) is 0 Å². The molecule has 0 saturated carbocycles. The van der Waals surface area contributed by atoms with Gasteiger partial charge in [0, 0.05) is 38.5 Å². The van der Waals surface area contributed by atoms with E-state index >= 15 is 0 Å². The minimum atomic E-state index is -3.52. The van der Waals surface area contributed by atoms with E-state index in [-0.39, 0.29) is 18.0 Å². The van der Waals surface area contributed by atoms with Crippen LogP contribution in [0.3, 0.4) is 0 Å². The van der Waals surface area contributed by atoms with Gasteiger partial charge >= 0.3 is 0 Å². The molecule has 0 heterocycles. The second-order valence-electron chi connectivity index (χ2n) is 5.56. The van der Waals surface area contributed by atoms with Crippen LogP contribution in [0.25, 0.3) is 0 Å². The van der Waals surface area contributed by atoms with Crippen molar-refractivity contribution in [1.29, 1.82) is 0 Å². The molecule has 0 aliphatic carbocycles. The molecule has 0 saturated heterocycles. The highest BCUT2D eigenvalue weighted by atomic mass is 32.2. The van der Waals surface area contributed by atoms with E-state index in [0.717, 1.165) is 11.3 Å². The van der Waals surface area contributed by atoms with Gasteiger partial charge in [-0.2, -0.15) is 0 Å². The SMILES string of the molecule is CN(C)c1ccc(CNS(=O)(=O)Cc2ccc([N+](=O)[O-])cc2)cc1. The van der Waals surface area contributed by atoms with Crippen LogP contribution in [-0.4, -0.2) is 27.4 Å². The highest BCUT2D eigenvalue weighted by Crippen LogP contribution is 2.15. The lowest BCUT2D eigenvalue weighted by atomic mass is 10.2. The fourth-order valence-corrected chi connectivity index (χ4v) is 3.21. The summed E-state index contributed by atoms with van der Waals surface area (Å²) < 4.78 is 26.8. The summed E-state index contributed by atoms with van der Waals surface area (Å²) in [6, 6.07) is 13.1. The third-order valence-corrected chi connectivity index (χ3v) is 4.75. The van der Waals surface area contributed by atoms with Crippen LogP contribution in [0.15, 0.2) is 48.5 Å². The summed E-state index contributed by atoms with van der Waals surface area (Å²) >= 11 is 0. The number of rotatable bonds is 7. The van der Waals surface area contributed by atoms with Crippen LogP contribution in [0.5, 0.6) is 0 Å². The molecule has 0 amide bonds. The summed E-state index contributed by atoms with van der Waals surface area (Å²) in [7, 11) is 0.342. The van der Waals surface area contributed by atoms with Crippen LogP contribution in [0.4, 0.5) is 11.4 Å². The largest absolute Gasteiger partial charge is 0.378 e. The van der Waals surface area contributed by atoms with Crippen LogP contribution < -0.4 is 9.62 Å². The van der Waals surface area contributed by atoms with Crippen LogP contribution in [0.1, 0.15) is 11.1 Å². The third-order valence-electron chi connectivity index (χ3n) is 3.45. The van der Waals surface area contributed by atoms with Gasteiger partial charge in [0.15, 0.2) is 0 Å². The Bertz CT molecular complexity index is 800. The summed E-state index contributed by atoms with van der Waals surface area (Å²) in [6.45, 7) is 0.197. The zero-order chi connectivity index (χ0) is 17.7. The smallest absolute Gasteiger partial charge is 0.269 e. The first kappa shape index (κ1) is 17.9. The fraction of sp³-hybridized carbons (Fsp3) is 0.250. The first-order chi connectivity index (χ1) is 11.3. The number of sulfonamides is 1. The quantitative estimate of drug-likeness (QED) is 0.611. The van der Waals surface area contributed by atoms with E-state index in [9.17, 15) is 18.5 Å². The van der Waals surface area contributed by atoms with Gasteiger partial charge in [0.2, 0.25) is 10.0 Å². The Labute approximate surface area is 141 Å².